The SMILES string of the molecule is CCc1cc(C=O)c(F)cc1-c1ccc(C(O)(C(F)(F)F)C(F)(F)F)cc1. The number of hydrogen-bond donors (Lipinski definition) is 1. The molecule has 27 heavy (non-hydrogen) atoms. The van der Waals surface area contributed by atoms with Gasteiger partial charge in [0.25, 0.3) is 5.60 Å². The first-order valence-corrected chi connectivity index (χ1v) is 7.61. The Labute approximate surface area is 149 Å². The minimum absolute atomic E-state index is 0.138. The van der Waals surface area contributed by atoms with Crippen molar-refractivity contribution >= 4 is 6.29 Å². The van der Waals surface area contributed by atoms with Crippen molar-refractivity contribution in [3.05, 3.63) is 58.9 Å². The quantitative estimate of drug-likeness (QED) is 0.573. The molecule has 9 heteroatoms. The van der Waals surface area contributed by atoms with Crippen molar-refractivity contribution in [2.75, 3.05) is 0 Å². The molecule has 0 aliphatic heterocycles. The van der Waals surface area contributed by atoms with Crippen molar-refractivity contribution in [2.24, 2.45) is 0 Å². The summed E-state index contributed by atoms with van der Waals surface area (Å²) in [6.45, 7) is 1.69. The number of alkyl halides is 6. The molecule has 0 saturated carbocycles. The number of carbonyl (C=O) groups is 1. The Bertz CT molecular complexity index is 823. The number of aldehydes is 1. The zero-order chi connectivity index (χ0) is 20.6. The van der Waals surface area contributed by atoms with E-state index < -0.39 is 29.3 Å². The average molecular weight is 394 g/mol. The van der Waals surface area contributed by atoms with Crippen molar-refractivity contribution in [1.29, 1.82) is 0 Å². The molecule has 2 nitrogen and oxygen atoms in total. The predicted octanol–water partition coefficient (Wildman–Crippen LogP) is 5.18. The van der Waals surface area contributed by atoms with Gasteiger partial charge in [0.2, 0.25) is 0 Å². The van der Waals surface area contributed by atoms with Gasteiger partial charge in [0.1, 0.15) is 5.82 Å². The van der Waals surface area contributed by atoms with E-state index in [9.17, 15) is 40.6 Å². The van der Waals surface area contributed by atoms with Crippen LogP contribution in [0.3, 0.4) is 0 Å². The fraction of sp³-hybridized carbons (Fsp3) is 0.278. The molecule has 0 saturated heterocycles. The molecular weight excluding hydrogens is 381 g/mol. The van der Waals surface area contributed by atoms with Crippen LogP contribution in [0.5, 0.6) is 0 Å². The van der Waals surface area contributed by atoms with Crippen LogP contribution in [-0.4, -0.2) is 23.7 Å². The van der Waals surface area contributed by atoms with Crippen LogP contribution in [0.4, 0.5) is 30.7 Å². The Kier molecular flexibility index (Phi) is 5.38. The van der Waals surface area contributed by atoms with E-state index in [1.807, 2.05) is 0 Å². The molecular formula is C18H13F7O2. The van der Waals surface area contributed by atoms with E-state index in [4.69, 9.17) is 0 Å². The molecule has 0 aliphatic carbocycles. The number of aryl methyl sites for hydroxylation is 1. The summed E-state index contributed by atoms with van der Waals surface area (Å²) < 4.78 is 91.3. The van der Waals surface area contributed by atoms with E-state index >= 15 is 0 Å². The Morgan fingerprint density at radius 1 is 0.963 bits per heavy atom. The molecule has 0 fully saturated rings. The van der Waals surface area contributed by atoms with E-state index in [2.05, 4.69) is 0 Å². The lowest BCUT2D eigenvalue weighted by molar-refractivity contribution is -0.376. The molecule has 0 heterocycles. The van der Waals surface area contributed by atoms with Gasteiger partial charge in [0, 0.05) is 5.56 Å². The van der Waals surface area contributed by atoms with E-state index in [-0.39, 0.29) is 16.7 Å². The van der Waals surface area contributed by atoms with Crippen LogP contribution in [0, 0.1) is 5.82 Å². The number of aliphatic hydroxyl groups is 1. The van der Waals surface area contributed by atoms with E-state index in [0.29, 0.717) is 30.4 Å². The summed E-state index contributed by atoms with van der Waals surface area (Å²) in [7, 11) is 0. The maximum Gasteiger partial charge on any atom is 0.430 e. The van der Waals surface area contributed by atoms with E-state index in [0.717, 1.165) is 18.2 Å². The van der Waals surface area contributed by atoms with Gasteiger partial charge >= 0.3 is 12.4 Å². The predicted molar refractivity (Wildman–Crippen MR) is 82.6 cm³/mol. The van der Waals surface area contributed by atoms with Gasteiger partial charge in [-0.25, -0.2) is 4.39 Å². The van der Waals surface area contributed by atoms with Gasteiger partial charge in [-0.05, 0) is 35.2 Å². The van der Waals surface area contributed by atoms with Crippen molar-refractivity contribution in [2.45, 2.75) is 31.3 Å². The molecule has 0 aromatic heterocycles. The molecule has 2 aromatic rings. The second kappa shape index (κ2) is 6.95. The van der Waals surface area contributed by atoms with E-state index in [1.54, 1.807) is 6.92 Å². The minimum Gasteiger partial charge on any atom is -0.369 e. The van der Waals surface area contributed by atoms with Gasteiger partial charge in [-0.2, -0.15) is 26.3 Å². The topological polar surface area (TPSA) is 37.3 Å². The molecule has 2 aromatic carbocycles. The van der Waals surface area contributed by atoms with Crippen molar-refractivity contribution in [3.63, 3.8) is 0 Å². The standard InChI is InChI=1S/C18H13F7O2/c1-2-10-7-12(9-26)15(19)8-14(10)11-3-5-13(6-4-11)16(27,17(20,21)22)18(23,24)25/h3-9,27H,2H2,1H3. The molecule has 146 valence electrons. The summed E-state index contributed by atoms with van der Waals surface area (Å²) in [5.74, 6) is -0.872. The summed E-state index contributed by atoms with van der Waals surface area (Å²) in [6.07, 6.45) is -11.3. The summed E-state index contributed by atoms with van der Waals surface area (Å²) in [5.41, 5.74) is -5.81. The molecule has 0 spiro atoms. The zero-order valence-electron chi connectivity index (χ0n) is 13.7. The Morgan fingerprint density at radius 2 is 1.48 bits per heavy atom. The Balaban J connectivity index is 2.58. The molecule has 0 unspecified atom stereocenters. The number of benzene rings is 2. The molecule has 0 aliphatic rings. The van der Waals surface area contributed by atoms with Gasteiger partial charge in [-0.3, -0.25) is 4.79 Å². The van der Waals surface area contributed by atoms with Gasteiger partial charge < -0.3 is 5.11 Å². The smallest absolute Gasteiger partial charge is 0.369 e. The molecule has 0 radical (unpaired) electrons. The highest BCUT2D eigenvalue weighted by atomic mass is 19.4. The van der Waals surface area contributed by atoms with Crippen LogP contribution >= 0.6 is 0 Å². The highest BCUT2D eigenvalue weighted by molar-refractivity contribution is 5.79. The first kappa shape index (κ1) is 20.9. The first-order valence-electron chi connectivity index (χ1n) is 7.61. The van der Waals surface area contributed by atoms with E-state index in [1.165, 1.54) is 6.07 Å². The maximum absolute atomic E-state index is 13.9. The third-order valence-corrected chi connectivity index (χ3v) is 4.16. The van der Waals surface area contributed by atoms with Gasteiger partial charge in [-0.15, -0.1) is 0 Å². The molecule has 0 bridgehead atoms. The molecule has 0 atom stereocenters. The summed E-state index contributed by atoms with van der Waals surface area (Å²) in [5, 5.41) is 9.38. The fourth-order valence-electron chi connectivity index (χ4n) is 2.67. The molecule has 1 N–H and O–H groups in total. The maximum atomic E-state index is 13.9. The van der Waals surface area contributed by atoms with Crippen molar-refractivity contribution in [1.82, 2.24) is 0 Å². The van der Waals surface area contributed by atoms with Gasteiger partial charge in [0.05, 0.1) is 5.56 Å². The lowest BCUT2D eigenvalue weighted by Gasteiger charge is -2.32. The lowest BCUT2D eigenvalue weighted by atomic mass is 9.89. The highest BCUT2D eigenvalue weighted by Gasteiger charge is 2.71. The van der Waals surface area contributed by atoms with Crippen LogP contribution in [-0.2, 0) is 12.0 Å². The van der Waals surface area contributed by atoms with Crippen LogP contribution in [0.2, 0.25) is 0 Å². The van der Waals surface area contributed by atoms with Crippen molar-refractivity contribution < 1.29 is 40.6 Å². The fourth-order valence-corrected chi connectivity index (χ4v) is 2.67. The van der Waals surface area contributed by atoms with Crippen LogP contribution in [0.1, 0.15) is 28.4 Å². The van der Waals surface area contributed by atoms with Crippen molar-refractivity contribution in [3.8, 4) is 11.1 Å². The minimum atomic E-state index is -5.99. The lowest BCUT2D eigenvalue weighted by Crippen LogP contribution is -2.53. The number of rotatable bonds is 4. The monoisotopic (exact) mass is 394 g/mol. The Morgan fingerprint density at radius 3 is 1.89 bits per heavy atom. The highest BCUT2D eigenvalue weighted by Crippen LogP contribution is 2.50. The summed E-state index contributed by atoms with van der Waals surface area (Å²) >= 11 is 0. The third-order valence-electron chi connectivity index (χ3n) is 4.16. The van der Waals surface area contributed by atoms with Crippen LogP contribution in [0.15, 0.2) is 36.4 Å². The third kappa shape index (κ3) is 3.55. The first-order chi connectivity index (χ1) is 12.4. The normalized spacial score (nSPS) is 12.9. The molecule has 0 amide bonds. The largest absolute Gasteiger partial charge is 0.430 e. The average Bonchev–Trinajstić information content (AvgIpc) is 2.59. The van der Waals surface area contributed by atoms with Crippen LogP contribution < -0.4 is 0 Å². The summed E-state index contributed by atoms with van der Waals surface area (Å²) in [4.78, 5) is 10.8. The second-order valence-electron chi connectivity index (χ2n) is 5.79. The number of hydrogen-bond acceptors (Lipinski definition) is 2. The van der Waals surface area contributed by atoms with Crippen LogP contribution in [0.25, 0.3) is 11.1 Å². The second-order valence-corrected chi connectivity index (χ2v) is 5.79. The van der Waals surface area contributed by atoms with Gasteiger partial charge in [0.15, 0.2) is 6.29 Å². The Hall–Kier alpha value is -2.42. The number of halogens is 7. The molecule has 2 rings (SSSR count). The zero-order valence-corrected chi connectivity index (χ0v) is 13.7. The number of carbonyl (C=O) groups excluding carboxylic acids is 1. The van der Waals surface area contributed by atoms with Gasteiger partial charge in [-0.1, -0.05) is 31.2 Å². The summed E-state index contributed by atoms with van der Waals surface area (Å²) in [6, 6.07) is 5.06.